The van der Waals surface area contributed by atoms with Gasteiger partial charge in [0.25, 0.3) is 0 Å². The zero-order valence-electron chi connectivity index (χ0n) is 20.5. The lowest BCUT2D eigenvalue weighted by molar-refractivity contribution is -0.155. The third-order valence-electron chi connectivity index (χ3n) is 7.78. The zero-order valence-corrected chi connectivity index (χ0v) is 21.3. The molecular formula is C25H31N5O5S. The number of β-amino-alcohol motifs (C(OH)–C–C–N with tert-alkyl or cyclic N) is 1. The maximum Gasteiger partial charge on any atom is 0.311 e. The molecule has 3 aliphatic heterocycles. The Labute approximate surface area is 213 Å². The Balaban J connectivity index is 1.53. The first-order valence-electron chi connectivity index (χ1n) is 12.3. The average molecular weight is 514 g/mol. The molecule has 2 aromatic rings. The van der Waals surface area contributed by atoms with Crippen molar-refractivity contribution in [2.24, 2.45) is 11.8 Å². The van der Waals surface area contributed by atoms with Crippen LogP contribution in [0.1, 0.15) is 26.7 Å². The van der Waals surface area contributed by atoms with Crippen LogP contribution < -0.4 is 0 Å². The minimum absolute atomic E-state index is 0.0223. The highest BCUT2D eigenvalue weighted by atomic mass is 32.2. The topological polar surface area (TPSA) is 118 Å². The number of thioether (sulfide) groups is 1. The fraction of sp³-hybridized carbons (Fsp3) is 0.560. The van der Waals surface area contributed by atoms with E-state index in [9.17, 15) is 19.5 Å². The Morgan fingerprint density at radius 1 is 1.36 bits per heavy atom. The minimum Gasteiger partial charge on any atom is -0.466 e. The number of nitrogens with zero attached hydrogens (tertiary/aromatic N) is 5. The summed E-state index contributed by atoms with van der Waals surface area (Å²) >= 11 is 1.58. The largest absolute Gasteiger partial charge is 0.466 e. The molecule has 0 aliphatic carbocycles. The highest BCUT2D eigenvalue weighted by Gasteiger charge is 2.77. The van der Waals surface area contributed by atoms with Crippen molar-refractivity contribution in [3.8, 4) is 0 Å². The number of para-hydroxylation sites is 1. The molecule has 2 bridgehead atoms. The Kier molecular flexibility index (Phi) is 6.32. The van der Waals surface area contributed by atoms with Crippen LogP contribution >= 0.6 is 11.8 Å². The lowest BCUT2D eigenvalue weighted by Crippen LogP contribution is -2.55. The summed E-state index contributed by atoms with van der Waals surface area (Å²) in [6.07, 6.45) is 2.98. The summed E-state index contributed by atoms with van der Waals surface area (Å²) in [5, 5.41) is 18.2. The number of amides is 2. The number of aromatic nitrogens is 3. The molecule has 2 amide bonds. The smallest absolute Gasteiger partial charge is 0.311 e. The molecule has 36 heavy (non-hydrogen) atoms. The minimum atomic E-state index is -0.817. The number of aliphatic hydroxyl groups excluding tert-OH is 1. The van der Waals surface area contributed by atoms with Gasteiger partial charge in [0.15, 0.2) is 0 Å². The van der Waals surface area contributed by atoms with E-state index >= 15 is 0 Å². The first kappa shape index (κ1) is 24.8. The molecule has 4 heterocycles. The fourth-order valence-electron chi connectivity index (χ4n) is 6.37. The van der Waals surface area contributed by atoms with Gasteiger partial charge in [-0.05, 0) is 38.8 Å². The molecule has 2 unspecified atom stereocenters. The Morgan fingerprint density at radius 3 is 2.86 bits per heavy atom. The van der Waals surface area contributed by atoms with Crippen molar-refractivity contribution in [1.82, 2.24) is 24.8 Å². The van der Waals surface area contributed by atoms with Crippen molar-refractivity contribution in [2.45, 2.75) is 48.9 Å². The molecule has 1 aromatic carbocycles. The normalized spacial score (nSPS) is 30.6. The van der Waals surface area contributed by atoms with Gasteiger partial charge in [-0.2, -0.15) is 0 Å². The molecule has 10 nitrogen and oxygen atoms in total. The van der Waals surface area contributed by atoms with Gasteiger partial charge in [-0.1, -0.05) is 23.4 Å². The molecule has 11 heteroatoms. The average Bonchev–Trinajstić information content (AvgIpc) is 3.55. The quantitative estimate of drug-likeness (QED) is 0.395. The zero-order chi connectivity index (χ0) is 25.7. The number of ether oxygens (including phenoxy) is 1. The van der Waals surface area contributed by atoms with E-state index in [4.69, 9.17) is 4.74 Å². The number of carbonyl (C=O) groups is 3. The number of aliphatic hydroxyl groups is 1. The summed E-state index contributed by atoms with van der Waals surface area (Å²) in [5.74, 6) is -2.20. The van der Waals surface area contributed by atoms with Gasteiger partial charge in [0.2, 0.25) is 11.8 Å². The highest BCUT2D eigenvalue weighted by molar-refractivity contribution is 8.02. The van der Waals surface area contributed by atoms with Gasteiger partial charge in [-0.25, -0.2) is 4.68 Å². The number of rotatable bonds is 9. The van der Waals surface area contributed by atoms with Gasteiger partial charge in [0.05, 0.1) is 35.3 Å². The van der Waals surface area contributed by atoms with Gasteiger partial charge in [0, 0.05) is 17.8 Å². The lowest BCUT2D eigenvalue weighted by atomic mass is 9.66. The van der Waals surface area contributed by atoms with Crippen molar-refractivity contribution < 1.29 is 24.2 Å². The van der Waals surface area contributed by atoms with Crippen molar-refractivity contribution in [3.63, 3.8) is 0 Å². The molecular weight excluding hydrogens is 482 g/mol. The van der Waals surface area contributed by atoms with E-state index in [1.54, 1.807) is 34.3 Å². The second kappa shape index (κ2) is 9.19. The summed E-state index contributed by atoms with van der Waals surface area (Å²) in [7, 11) is 0. The third kappa shape index (κ3) is 3.54. The Bertz CT molecular complexity index is 1220. The van der Waals surface area contributed by atoms with Crippen molar-refractivity contribution in [1.29, 1.82) is 0 Å². The number of hydrogen-bond acceptors (Lipinski definition) is 8. The van der Waals surface area contributed by atoms with E-state index in [2.05, 4.69) is 16.9 Å². The van der Waals surface area contributed by atoms with Gasteiger partial charge >= 0.3 is 5.97 Å². The summed E-state index contributed by atoms with van der Waals surface area (Å²) in [5.41, 5.74) is 1.51. The van der Waals surface area contributed by atoms with Crippen LogP contribution in [0.2, 0.25) is 0 Å². The number of likely N-dealkylation sites (tertiary alicyclic amines) is 1. The first-order chi connectivity index (χ1) is 17.3. The number of fused-ring (bicyclic) bond motifs is 2. The number of carbonyl (C=O) groups excluding carboxylic acids is 3. The third-order valence-corrected chi connectivity index (χ3v) is 9.76. The van der Waals surface area contributed by atoms with Crippen LogP contribution in [-0.4, -0.2) is 89.5 Å². The summed E-state index contributed by atoms with van der Waals surface area (Å²) in [4.78, 5) is 44.2. The Morgan fingerprint density at radius 2 is 2.14 bits per heavy atom. The van der Waals surface area contributed by atoms with Crippen LogP contribution in [0.3, 0.4) is 0 Å². The summed E-state index contributed by atoms with van der Waals surface area (Å²) in [6.45, 7) is 7.92. The van der Waals surface area contributed by atoms with Crippen LogP contribution in [0, 0.1) is 11.8 Å². The monoisotopic (exact) mass is 513 g/mol. The first-order valence-corrected chi connectivity index (χ1v) is 13.1. The van der Waals surface area contributed by atoms with Crippen molar-refractivity contribution >= 4 is 40.6 Å². The van der Waals surface area contributed by atoms with E-state index in [1.165, 1.54) is 4.90 Å². The van der Waals surface area contributed by atoms with Crippen molar-refractivity contribution in [2.75, 3.05) is 26.3 Å². The number of benzene rings is 1. The molecule has 1 spiro atoms. The molecule has 1 aromatic heterocycles. The second-order valence-corrected chi connectivity index (χ2v) is 11.7. The molecule has 1 N–H and O–H groups in total. The molecule has 3 aliphatic rings. The summed E-state index contributed by atoms with van der Waals surface area (Å²) < 4.78 is 5.79. The van der Waals surface area contributed by atoms with Crippen LogP contribution in [0.4, 0.5) is 0 Å². The van der Waals surface area contributed by atoms with Crippen LogP contribution in [0.5, 0.6) is 0 Å². The van der Waals surface area contributed by atoms with E-state index < -0.39 is 27.4 Å². The maximum absolute atomic E-state index is 14.3. The maximum atomic E-state index is 14.3. The predicted molar refractivity (Wildman–Crippen MR) is 134 cm³/mol. The second-order valence-electron chi connectivity index (χ2n) is 9.80. The van der Waals surface area contributed by atoms with E-state index in [-0.39, 0.29) is 50.8 Å². The summed E-state index contributed by atoms with van der Waals surface area (Å²) in [6, 6.07) is 6.68. The lowest BCUT2D eigenvalue weighted by Gasteiger charge is -2.37. The van der Waals surface area contributed by atoms with Gasteiger partial charge < -0.3 is 19.6 Å². The number of esters is 1. The van der Waals surface area contributed by atoms with Crippen LogP contribution in [0.25, 0.3) is 11.0 Å². The number of hydrogen-bond donors (Lipinski definition) is 1. The van der Waals surface area contributed by atoms with E-state index in [1.807, 2.05) is 31.2 Å². The van der Waals surface area contributed by atoms with Gasteiger partial charge in [-0.3, -0.25) is 14.4 Å². The molecule has 3 saturated heterocycles. The fourth-order valence-corrected chi connectivity index (χ4v) is 8.71. The molecule has 0 radical (unpaired) electrons. The Hall–Kier alpha value is -2.92. The van der Waals surface area contributed by atoms with Gasteiger partial charge in [0.1, 0.15) is 18.2 Å². The predicted octanol–water partition coefficient (Wildman–Crippen LogP) is 1.44. The molecule has 5 atom stereocenters. The standard InChI is InChI=1S/C25H31N5O5S/c1-4-12-28(15-30-17-9-7-6-8-16(17)26-27-30)22(33)20-25-11-10-24(3,36-25)19(23(34)35-5-2)18(25)21(32)29(20)13-14-31/h4,6-9,18-20,31H,1,5,10-15H2,2-3H3/t18-,19-,20?,24+,25?/m0/s1. The van der Waals surface area contributed by atoms with Crippen LogP contribution in [0.15, 0.2) is 36.9 Å². The SMILES string of the molecule is C=CCN(Cn1nnc2ccccc21)C(=O)C1N(CCO)C(=O)[C@@H]2[C@@H](C(=O)OCC)[C@@]3(C)CCC12S3. The van der Waals surface area contributed by atoms with Crippen LogP contribution in [-0.2, 0) is 25.8 Å². The van der Waals surface area contributed by atoms with E-state index in [0.29, 0.717) is 12.8 Å². The molecule has 5 rings (SSSR count). The van der Waals surface area contributed by atoms with Gasteiger partial charge in [-0.15, -0.1) is 23.4 Å². The molecule has 192 valence electrons. The highest BCUT2D eigenvalue weighted by Crippen LogP contribution is 2.71. The van der Waals surface area contributed by atoms with E-state index in [0.717, 1.165) is 11.0 Å². The van der Waals surface area contributed by atoms with Crippen molar-refractivity contribution in [3.05, 3.63) is 36.9 Å². The molecule has 3 fully saturated rings. The molecule has 0 saturated carbocycles.